The molecule has 1 aliphatic heterocycles. The molecule has 0 fully saturated rings. The van der Waals surface area contributed by atoms with Crippen molar-refractivity contribution >= 4 is 61.3 Å². The lowest BCUT2D eigenvalue weighted by atomic mass is 10.1. The zero-order valence-electron chi connectivity index (χ0n) is 13.6. The number of amidine groups is 1. The number of halogens is 2. The van der Waals surface area contributed by atoms with Crippen LogP contribution < -0.4 is 9.64 Å². The van der Waals surface area contributed by atoms with E-state index in [-0.39, 0.29) is 29.3 Å². The molecule has 0 radical (unpaired) electrons. The summed E-state index contributed by atoms with van der Waals surface area (Å²) in [5.41, 5.74) is 1.63. The van der Waals surface area contributed by atoms with Gasteiger partial charge in [-0.1, -0.05) is 39.8 Å². The Morgan fingerprint density at radius 3 is 2.44 bits per heavy atom. The number of nitrogens with zero attached hydrogens (tertiary/aromatic N) is 2. The van der Waals surface area contributed by atoms with Crippen LogP contribution in [0.3, 0.4) is 0 Å². The number of carbonyl (C=O) groups is 1. The van der Waals surface area contributed by atoms with Gasteiger partial charge in [-0.2, -0.15) is 0 Å². The molecule has 7 heteroatoms. The Bertz CT molecular complexity index is 749. The summed E-state index contributed by atoms with van der Waals surface area (Å²) in [6, 6.07) is 15.1. The average molecular weight is 486 g/mol. The SMILES string of the molecule is Br.COc1ccc(N(CC(=O)c2ccc(Br)cc2)C2=NCCS2)cc1. The van der Waals surface area contributed by atoms with Crippen LogP contribution in [0.15, 0.2) is 58.0 Å². The van der Waals surface area contributed by atoms with Crippen LogP contribution >= 0.6 is 44.7 Å². The first-order valence-electron chi connectivity index (χ1n) is 7.55. The molecule has 132 valence electrons. The third-order valence-electron chi connectivity index (χ3n) is 3.65. The van der Waals surface area contributed by atoms with Crippen LogP contribution in [0.2, 0.25) is 0 Å². The summed E-state index contributed by atoms with van der Waals surface area (Å²) in [5, 5.41) is 0.894. The number of anilines is 1. The molecule has 2 aromatic carbocycles. The molecule has 0 spiro atoms. The number of hydrogen-bond acceptors (Lipinski definition) is 5. The van der Waals surface area contributed by atoms with E-state index in [4.69, 9.17) is 4.74 Å². The van der Waals surface area contributed by atoms with Gasteiger partial charge < -0.3 is 9.64 Å². The molecule has 0 saturated heterocycles. The molecule has 0 amide bonds. The van der Waals surface area contributed by atoms with Gasteiger partial charge in [0.2, 0.25) is 0 Å². The molecule has 0 bridgehead atoms. The molecule has 0 aromatic heterocycles. The fourth-order valence-corrected chi connectivity index (χ4v) is 3.53. The molecule has 0 N–H and O–H groups in total. The van der Waals surface area contributed by atoms with E-state index in [0.717, 1.165) is 33.4 Å². The highest BCUT2D eigenvalue weighted by Crippen LogP contribution is 2.25. The van der Waals surface area contributed by atoms with Gasteiger partial charge in [-0.3, -0.25) is 9.79 Å². The Morgan fingerprint density at radius 2 is 1.88 bits per heavy atom. The number of Topliss-reactive ketones (excluding diaryl/α,β-unsaturated/α-hetero) is 1. The molecule has 0 saturated carbocycles. The van der Waals surface area contributed by atoms with Crippen LogP contribution in [0, 0.1) is 0 Å². The van der Waals surface area contributed by atoms with Gasteiger partial charge in [0.1, 0.15) is 5.75 Å². The molecule has 4 nitrogen and oxygen atoms in total. The molecular weight excluding hydrogens is 468 g/mol. The van der Waals surface area contributed by atoms with E-state index < -0.39 is 0 Å². The van der Waals surface area contributed by atoms with Crippen molar-refractivity contribution in [3.05, 3.63) is 58.6 Å². The predicted molar refractivity (Wildman–Crippen MR) is 114 cm³/mol. The van der Waals surface area contributed by atoms with Crippen LogP contribution in [-0.2, 0) is 0 Å². The second-order valence-corrected chi connectivity index (χ2v) is 7.20. The standard InChI is InChI=1S/C18H17BrN2O2S.BrH/c1-23-16-8-6-15(7-9-16)21(18-20-10-11-24-18)12-17(22)13-2-4-14(19)5-3-13;/h2-9H,10-12H2,1H3;1H. The molecule has 3 rings (SSSR count). The summed E-state index contributed by atoms with van der Waals surface area (Å²) >= 11 is 5.07. The zero-order valence-corrected chi connectivity index (χ0v) is 17.8. The third-order valence-corrected chi connectivity index (χ3v) is 5.18. The molecular formula is C18H18Br2N2O2S. The Labute approximate surface area is 170 Å². The highest BCUT2D eigenvalue weighted by molar-refractivity contribution is 9.10. The maximum absolute atomic E-state index is 12.7. The number of ketones is 1. The first kappa shape index (κ1) is 20.0. The molecule has 2 aromatic rings. The topological polar surface area (TPSA) is 41.9 Å². The number of carbonyl (C=O) groups excluding carboxylic acids is 1. The highest BCUT2D eigenvalue weighted by Gasteiger charge is 2.21. The lowest BCUT2D eigenvalue weighted by Crippen LogP contribution is -2.33. The van der Waals surface area contributed by atoms with Crippen molar-refractivity contribution in [3.63, 3.8) is 0 Å². The largest absolute Gasteiger partial charge is 0.497 e. The quantitative estimate of drug-likeness (QED) is 0.569. The van der Waals surface area contributed by atoms with Crippen molar-refractivity contribution in [2.24, 2.45) is 4.99 Å². The minimum absolute atomic E-state index is 0. The summed E-state index contributed by atoms with van der Waals surface area (Å²) in [5.74, 6) is 1.81. The van der Waals surface area contributed by atoms with Crippen molar-refractivity contribution in [1.29, 1.82) is 0 Å². The maximum Gasteiger partial charge on any atom is 0.182 e. The van der Waals surface area contributed by atoms with Crippen molar-refractivity contribution < 1.29 is 9.53 Å². The van der Waals surface area contributed by atoms with E-state index >= 15 is 0 Å². The Hall–Kier alpha value is -1.31. The smallest absolute Gasteiger partial charge is 0.182 e. The summed E-state index contributed by atoms with van der Waals surface area (Å²) in [7, 11) is 1.64. The van der Waals surface area contributed by atoms with E-state index in [2.05, 4.69) is 20.9 Å². The van der Waals surface area contributed by atoms with E-state index in [1.165, 1.54) is 0 Å². The predicted octanol–water partition coefficient (Wildman–Crippen LogP) is 4.83. The minimum atomic E-state index is 0. The van der Waals surface area contributed by atoms with Gasteiger partial charge in [0.05, 0.1) is 20.2 Å². The van der Waals surface area contributed by atoms with Crippen LogP contribution in [0.25, 0.3) is 0 Å². The van der Waals surface area contributed by atoms with Gasteiger partial charge in [-0.25, -0.2) is 0 Å². The summed E-state index contributed by atoms with van der Waals surface area (Å²) < 4.78 is 6.17. The number of hydrogen-bond donors (Lipinski definition) is 0. The van der Waals surface area contributed by atoms with Crippen LogP contribution in [0.4, 0.5) is 5.69 Å². The van der Waals surface area contributed by atoms with E-state index in [1.807, 2.05) is 53.4 Å². The van der Waals surface area contributed by atoms with Gasteiger partial charge in [0, 0.05) is 21.5 Å². The summed E-state index contributed by atoms with van der Waals surface area (Å²) in [6.45, 7) is 1.05. The van der Waals surface area contributed by atoms with Crippen LogP contribution in [0.1, 0.15) is 10.4 Å². The molecule has 0 atom stereocenters. The lowest BCUT2D eigenvalue weighted by Gasteiger charge is -2.23. The van der Waals surface area contributed by atoms with E-state index in [9.17, 15) is 4.79 Å². The number of rotatable bonds is 5. The average Bonchev–Trinajstić information content (AvgIpc) is 3.14. The Morgan fingerprint density at radius 1 is 1.20 bits per heavy atom. The van der Waals surface area contributed by atoms with Crippen molar-refractivity contribution in [2.75, 3.05) is 30.9 Å². The maximum atomic E-state index is 12.7. The number of ether oxygens (including phenoxy) is 1. The third kappa shape index (κ3) is 5.09. The summed E-state index contributed by atoms with van der Waals surface area (Å²) in [6.07, 6.45) is 0. The Balaban J connectivity index is 0.00000225. The normalized spacial score (nSPS) is 13.0. The fourth-order valence-electron chi connectivity index (χ4n) is 2.39. The molecule has 1 heterocycles. The molecule has 0 unspecified atom stereocenters. The monoisotopic (exact) mass is 484 g/mol. The van der Waals surface area contributed by atoms with Crippen molar-refractivity contribution in [2.45, 2.75) is 0 Å². The van der Waals surface area contributed by atoms with E-state index in [1.54, 1.807) is 18.9 Å². The van der Waals surface area contributed by atoms with E-state index in [0.29, 0.717) is 5.56 Å². The van der Waals surface area contributed by atoms with Gasteiger partial charge in [-0.15, -0.1) is 17.0 Å². The molecule has 1 aliphatic rings. The molecule has 25 heavy (non-hydrogen) atoms. The first-order valence-corrected chi connectivity index (χ1v) is 9.33. The van der Waals surface area contributed by atoms with Crippen molar-refractivity contribution in [1.82, 2.24) is 0 Å². The lowest BCUT2D eigenvalue weighted by molar-refractivity contribution is 0.100. The van der Waals surface area contributed by atoms with Crippen LogP contribution in [0.5, 0.6) is 5.75 Å². The van der Waals surface area contributed by atoms with Gasteiger partial charge in [-0.05, 0) is 36.4 Å². The fraction of sp³-hybridized carbons (Fsp3) is 0.222. The Kier molecular flexibility index (Phi) is 7.53. The number of aliphatic imine (C=N–C) groups is 1. The number of benzene rings is 2. The second-order valence-electron chi connectivity index (χ2n) is 5.23. The number of methoxy groups -OCH3 is 1. The molecule has 0 aliphatic carbocycles. The van der Waals surface area contributed by atoms with Crippen molar-refractivity contribution in [3.8, 4) is 5.75 Å². The van der Waals surface area contributed by atoms with Gasteiger partial charge >= 0.3 is 0 Å². The minimum Gasteiger partial charge on any atom is -0.497 e. The van der Waals surface area contributed by atoms with Crippen LogP contribution in [-0.4, -0.2) is 36.9 Å². The second kappa shape index (κ2) is 9.40. The summed E-state index contributed by atoms with van der Waals surface area (Å²) in [4.78, 5) is 19.2. The first-order chi connectivity index (χ1) is 11.7. The zero-order chi connectivity index (χ0) is 16.9. The van der Waals surface area contributed by atoms with Gasteiger partial charge in [0.25, 0.3) is 0 Å². The highest BCUT2D eigenvalue weighted by atomic mass is 79.9. The van der Waals surface area contributed by atoms with Gasteiger partial charge in [0.15, 0.2) is 11.0 Å². The number of thioether (sulfide) groups is 1.